The average Bonchev–Trinajstić information content (AvgIpc) is 3.06. The van der Waals surface area contributed by atoms with Crippen molar-refractivity contribution >= 4 is 17.9 Å². The zero-order chi connectivity index (χ0) is 13.5. The molecular weight excluding hydrogens is 238 g/mol. The van der Waals surface area contributed by atoms with Crippen LogP contribution in [0.3, 0.4) is 0 Å². The second-order valence-corrected chi connectivity index (χ2v) is 4.52. The summed E-state index contributed by atoms with van der Waals surface area (Å²) in [6, 6.07) is -0.395. The van der Waals surface area contributed by atoms with Crippen molar-refractivity contribution < 1.29 is 19.5 Å². The van der Waals surface area contributed by atoms with E-state index in [9.17, 15) is 14.4 Å². The topological polar surface area (TPSA) is 113 Å². The van der Waals surface area contributed by atoms with E-state index in [2.05, 4.69) is 5.32 Å². The molecule has 0 aromatic rings. The summed E-state index contributed by atoms with van der Waals surface area (Å²) in [4.78, 5) is 34.2. The number of aliphatic carboxylic acids is 1. The van der Waals surface area contributed by atoms with E-state index in [4.69, 9.17) is 10.8 Å². The Bertz CT molecular complexity index is 328. The van der Waals surface area contributed by atoms with Crippen LogP contribution in [0.2, 0.25) is 0 Å². The molecule has 7 heteroatoms. The lowest BCUT2D eigenvalue weighted by atomic mass is 10.3. The molecule has 0 atom stereocenters. The van der Waals surface area contributed by atoms with Crippen molar-refractivity contribution in [1.29, 1.82) is 0 Å². The Labute approximate surface area is 105 Å². The summed E-state index contributed by atoms with van der Waals surface area (Å²) < 4.78 is 0. The van der Waals surface area contributed by atoms with Gasteiger partial charge in [0.2, 0.25) is 5.91 Å². The Hall–Kier alpha value is -1.79. The number of carboxylic acid groups (broad SMARTS) is 1. The molecule has 0 unspecified atom stereocenters. The standard InChI is InChI=1S/C11H19N3O4/c12-9(15)2-1-5-13-11(18)14(7-10(16)17)6-8-3-4-8/h8H,1-7H2,(H2,12,15)(H,13,18)(H,16,17). The van der Waals surface area contributed by atoms with Gasteiger partial charge in [0.1, 0.15) is 6.54 Å². The summed E-state index contributed by atoms with van der Waals surface area (Å²) in [6.45, 7) is 0.509. The second-order valence-electron chi connectivity index (χ2n) is 4.52. The van der Waals surface area contributed by atoms with Gasteiger partial charge in [0.25, 0.3) is 0 Å². The summed E-state index contributed by atoms with van der Waals surface area (Å²) in [7, 11) is 0. The van der Waals surface area contributed by atoms with Gasteiger partial charge in [-0.05, 0) is 25.2 Å². The maximum absolute atomic E-state index is 11.7. The highest BCUT2D eigenvalue weighted by atomic mass is 16.4. The lowest BCUT2D eigenvalue weighted by Gasteiger charge is -2.20. The zero-order valence-electron chi connectivity index (χ0n) is 10.2. The highest BCUT2D eigenvalue weighted by molar-refractivity contribution is 5.80. The van der Waals surface area contributed by atoms with Gasteiger partial charge >= 0.3 is 12.0 Å². The molecule has 0 aliphatic heterocycles. The lowest BCUT2D eigenvalue weighted by Crippen LogP contribution is -2.44. The van der Waals surface area contributed by atoms with Crippen LogP contribution in [0.4, 0.5) is 4.79 Å². The first-order valence-corrected chi connectivity index (χ1v) is 6.02. The number of carbonyl (C=O) groups is 3. The molecule has 102 valence electrons. The molecule has 4 N–H and O–H groups in total. The van der Waals surface area contributed by atoms with Crippen molar-refractivity contribution in [2.24, 2.45) is 11.7 Å². The maximum Gasteiger partial charge on any atom is 0.323 e. The summed E-state index contributed by atoms with van der Waals surface area (Å²) >= 11 is 0. The molecule has 7 nitrogen and oxygen atoms in total. The van der Waals surface area contributed by atoms with E-state index in [0.29, 0.717) is 25.4 Å². The molecule has 0 heterocycles. The van der Waals surface area contributed by atoms with Crippen molar-refractivity contribution in [1.82, 2.24) is 10.2 Å². The van der Waals surface area contributed by atoms with Crippen molar-refractivity contribution in [3.63, 3.8) is 0 Å². The van der Waals surface area contributed by atoms with Crippen LogP contribution in [0.5, 0.6) is 0 Å². The number of carbonyl (C=O) groups excluding carboxylic acids is 2. The zero-order valence-corrected chi connectivity index (χ0v) is 10.2. The number of rotatable bonds is 8. The number of urea groups is 1. The molecule has 0 spiro atoms. The van der Waals surface area contributed by atoms with Crippen molar-refractivity contribution in [2.45, 2.75) is 25.7 Å². The maximum atomic E-state index is 11.7. The Kier molecular flexibility index (Phi) is 5.41. The minimum Gasteiger partial charge on any atom is -0.480 e. The molecule has 1 fully saturated rings. The first-order chi connectivity index (χ1) is 8.49. The number of carboxylic acids is 1. The Morgan fingerprint density at radius 2 is 2.00 bits per heavy atom. The van der Waals surface area contributed by atoms with E-state index >= 15 is 0 Å². The Balaban J connectivity index is 2.28. The Morgan fingerprint density at radius 1 is 1.33 bits per heavy atom. The van der Waals surface area contributed by atoms with Crippen LogP contribution in [0, 0.1) is 5.92 Å². The third-order valence-electron chi connectivity index (χ3n) is 2.67. The monoisotopic (exact) mass is 257 g/mol. The molecule has 0 bridgehead atoms. The largest absolute Gasteiger partial charge is 0.480 e. The SMILES string of the molecule is NC(=O)CCCNC(=O)N(CC(=O)O)CC1CC1. The van der Waals surface area contributed by atoms with Gasteiger partial charge < -0.3 is 21.1 Å². The molecule has 1 rings (SSSR count). The summed E-state index contributed by atoms with van der Waals surface area (Å²) in [6.07, 6.45) is 2.77. The van der Waals surface area contributed by atoms with Crippen LogP contribution >= 0.6 is 0 Å². The number of hydrogen-bond acceptors (Lipinski definition) is 3. The highest BCUT2D eigenvalue weighted by Crippen LogP contribution is 2.29. The molecule has 18 heavy (non-hydrogen) atoms. The van der Waals surface area contributed by atoms with Crippen LogP contribution < -0.4 is 11.1 Å². The van der Waals surface area contributed by atoms with Crippen LogP contribution in [-0.4, -0.2) is 47.5 Å². The number of hydrogen-bond donors (Lipinski definition) is 3. The number of nitrogens with one attached hydrogen (secondary N) is 1. The third-order valence-corrected chi connectivity index (χ3v) is 2.67. The van der Waals surface area contributed by atoms with E-state index in [1.165, 1.54) is 4.90 Å². The van der Waals surface area contributed by atoms with E-state index in [1.807, 2.05) is 0 Å². The fourth-order valence-electron chi connectivity index (χ4n) is 1.56. The molecule has 0 radical (unpaired) electrons. The number of nitrogens with two attached hydrogens (primary N) is 1. The van der Waals surface area contributed by atoms with E-state index < -0.39 is 17.9 Å². The van der Waals surface area contributed by atoms with Crippen molar-refractivity contribution in [2.75, 3.05) is 19.6 Å². The van der Waals surface area contributed by atoms with E-state index in [-0.39, 0.29) is 13.0 Å². The summed E-state index contributed by atoms with van der Waals surface area (Å²) in [5, 5.41) is 11.3. The van der Waals surface area contributed by atoms with Crippen molar-refractivity contribution in [3.8, 4) is 0 Å². The lowest BCUT2D eigenvalue weighted by molar-refractivity contribution is -0.137. The van der Waals surface area contributed by atoms with Gasteiger partial charge in [0.05, 0.1) is 0 Å². The Morgan fingerprint density at radius 3 is 2.50 bits per heavy atom. The number of primary amides is 1. The highest BCUT2D eigenvalue weighted by Gasteiger charge is 2.27. The minimum atomic E-state index is -1.03. The first-order valence-electron chi connectivity index (χ1n) is 6.02. The van der Waals surface area contributed by atoms with Gasteiger partial charge in [-0.1, -0.05) is 0 Å². The molecule has 0 aromatic heterocycles. The predicted octanol–water partition coefficient (Wildman–Crippen LogP) is -0.242. The van der Waals surface area contributed by atoms with E-state index in [0.717, 1.165) is 12.8 Å². The van der Waals surface area contributed by atoms with Crippen LogP contribution in [0.15, 0.2) is 0 Å². The molecule has 1 aliphatic rings. The first kappa shape index (κ1) is 14.3. The van der Waals surface area contributed by atoms with Gasteiger partial charge in [-0.2, -0.15) is 0 Å². The van der Waals surface area contributed by atoms with Gasteiger partial charge in [0, 0.05) is 19.5 Å². The molecule has 0 aromatic carbocycles. The molecule has 1 saturated carbocycles. The van der Waals surface area contributed by atoms with Crippen molar-refractivity contribution in [3.05, 3.63) is 0 Å². The predicted molar refractivity (Wildman–Crippen MR) is 63.8 cm³/mol. The fraction of sp³-hybridized carbons (Fsp3) is 0.727. The van der Waals surface area contributed by atoms with Gasteiger partial charge in [-0.3, -0.25) is 9.59 Å². The van der Waals surface area contributed by atoms with Gasteiger partial charge in [-0.25, -0.2) is 4.79 Å². The molecule has 0 saturated heterocycles. The molecular formula is C11H19N3O4. The summed E-state index contributed by atoms with van der Waals surface area (Å²) in [5.41, 5.74) is 4.97. The van der Waals surface area contributed by atoms with Crippen LogP contribution in [0.25, 0.3) is 0 Å². The normalized spacial score (nSPS) is 14.0. The van der Waals surface area contributed by atoms with Gasteiger partial charge in [0.15, 0.2) is 0 Å². The molecule has 1 aliphatic carbocycles. The quantitative estimate of drug-likeness (QED) is 0.521. The smallest absolute Gasteiger partial charge is 0.323 e. The minimum absolute atomic E-state index is 0.210. The number of nitrogens with zero attached hydrogens (tertiary/aromatic N) is 1. The third kappa shape index (κ3) is 6.07. The average molecular weight is 257 g/mol. The van der Waals surface area contributed by atoms with E-state index in [1.54, 1.807) is 0 Å². The van der Waals surface area contributed by atoms with Gasteiger partial charge in [-0.15, -0.1) is 0 Å². The fourth-order valence-corrected chi connectivity index (χ4v) is 1.56. The van der Waals surface area contributed by atoms with Crippen LogP contribution in [0.1, 0.15) is 25.7 Å². The second kappa shape index (κ2) is 6.83. The van der Waals surface area contributed by atoms with Crippen LogP contribution in [-0.2, 0) is 9.59 Å². The molecule has 3 amide bonds. The summed E-state index contributed by atoms with van der Waals surface area (Å²) in [5.74, 6) is -1.01. The number of amides is 3.